The maximum atomic E-state index is 5.65. The lowest BCUT2D eigenvalue weighted by molar-refractivity contribution is 0.0994. The number of hydrogen-bond donors (Lipinski definition) is 1. The fourth-order valence-electron chi connectivity index (χ4n) is 2.27. The molecule has 92 valence electrons. The van der Waals surface area contributed by atoms with Gasteiger partial charge in [-0.25, -0.2) is 0 Å². The van der Waals surface area contributed by atoms with E-state index in [1.807, 2.05) is 6.92 Å². The summed E-state index contributed by atoms with van der Waals surface area (Å²) in [7, 11) is 0. The zero-order valence-electron chi connectivity index (χ0n) is 10.7. The molecule has 2 heteroatoms. The van der Waals surface area contributed by atoms with E-state index in [0.717, 1.165) is 19.6 Å². The van der Waals surface area contributed by atoms with Crippen molar-refractivity contribution in [2.75, 3.05) is 13.2 Å². The average Bonchev–Trinajstić information content (AvgIpc) is 2.79. The average molecular weight is 223 g/mol. The highest BCUT2D eigenvalue weighted by Crippen LogP contribution is 2.18. The summed E-state index contributed by atoms with van der Waals surface area (Å²) in [5.41, 5.74) is 0. The molecule has 0 aliphatic carbocycles. The van der Waals surface area contributed by atoms with Crippen LogP contribution >= 0.6 is 0 Å². The van der Waals surface area contributed by atoms with E-state index in [4.69, 9.17) is 4.74 Å². The Kier molecular flexibility index (Phi) is 7.29. The molecule has 1 aliphatic rings. The summed E-state index contributed by atoms with van der Waals surface area (Å²) in [6.45, 7) is 6.10. The molecule has 1 saturated heterocycles. The van der Waals surface area contributed by atoms with Crippen molar-refractivity contribution in [3.05, 3.63) is 0 Å². The molecule has 0 bridgehead atoms. The topological polar surface area (TPSA) is 21.3 Å². The Hall–Kier alpha value is -0.520. The number of nitrogens with one attached hydrogen (secondary N) is 1. The third-order valence-electron chi connectivity index (χ3n) is 3.15. The number of ether oxygens (including phenoxy) is 1. The van der Waals surface area contributed by atoms with Crippen LogP contribution in [-0.4, -0.2) is 25.3 Å². The van der Waals surface area contributed by atoms with Gasteiger partial charge in [0, 0.05) is 19.1 Å². The van der Waals surface area contributed by atoms with E-state index >= 15 is 0 Å². The Balaban J connectivity index is 2.16. The third-order valence-corrected chi connectivity index (χ3v) is 3.15. The Bertz CT molecular complexity index is 223. The maximum Gasteiger partial charge on any atom is 0.0576 e. The molecular formula is C14H25NO. The van der Waals surface area contributed by atoms with Crippen LogP contribution in [0.1, 0.15) is 52.4 Å². The summed E-state index contributed by atoms with van der Waals surface area (Å²) in [4.78, 5) is 0. The van der Waals surface area contributed by atoms with Crippen molar-refractivity contribution in [1.82, 2.24) is 5.32 Å². The summed E-state index contributed by atoms with van der Waals surface area (Å²) < 4.78 is 5.65. The first-order chi connectivity index (χ1) is 7.86. The number of hydrogen-bond acceptors (Lipinski definition) is 2. The van der Waals surface area contributed by atoms with E-state index in [-0.39, 0.29) is 0 Å². The van der Waals surface area contributed by atoms with Gasteiger partial charge in [-0.05, 0) is 45.6 Å². The van der Waals surface area contributed by atoms with Crippen LogP contribution in [0.25, 0.3) is 0 Å². The van der Waals surface area contributed by atoms with Crippen LogP contribution < -0.4 is 5.32 Å². The Morgan fingerprint density at radius 3 is 2.94 bits per heavy atom. The monoisotopic (exact) mass is 223 g/mol. The fraction of sp³-hybridized carbons (Fsp3) is 0.857. The quantitative estimate of drug-likeness (QED) is 0.670. The second-order valence-corrected chi connectivity index (χ2v) is 4.43. The van der Waals surface area contributed by atoms with E-state index in [2.05, 4.69) is 24.1 Å². The normalized spacial score (nSPS) is 21.5. The van der Waals surface area contributed by atoms with Crippen LogP contribution in [0, 0.1) is 11.8 Å². The van der Waals surface area contributed by atoms with Gasteiger partial charge in [-0.2, -0.15) is 0 Å². The van der Waals surface area contributed by atoms with Gasteiger partial charge in [0.15, 0.2) is 0 Å². The summed E-state index contributed by atoms with van der Waals surface area (Å²) in [6.07, 6.45) is 7.65. The van der Waals surface area contributed by atoms with E-state index < -0.39 is 0 Å². The largest absolute Gasteiger partial charge is 0.378 e. The Morgan fingerprint density at radius 1 is 1.44 bits per heavy atom. The minimum Gasteiger partial charge on any atom is -0.378 e. The number of rotatable bonds is 7. The van der Waals surface area contributed by atoms with E-state index in [9.17, 15) is 0 Å². The van der Waals surface area contributed by atoms with Crippen molar-refractivity contribution in [3.8, 4) is 11.8 Å². The van der Waals surface area contributed by atoms with E-state index in [1.54, 1.807) is 0 Å². The summed E-state index contributed by atoms with van der Waals surface area (Å²) in [6, 6.07) is 0.620. The fourth-order valence-corrected chi connectivity index (χ4v) is 2.27. The Labute approximate surface area is 100 Å². The smallest absolute Gasteiger partial charge is 0.0576 e. The lowest BCUT2D eigenvalue weighted by atomic mass is 10.0. The van der Waals surface area contributed by atoms with Crippen LogP contribution in [0.15, 0.2) is 0 Å². The minimum atomic E-state index is 0.526. The zero-order valence-corrected chi connectivity index (χ0v) is 10.7. The molecule has 2 atom stereocenters. The van der Waals surface area contributed by atoms with Gasteiger partial charge in [0.1, 0.15) is 0 Å². The molecule has 0 aromatic rings. The molecule has 1 N–H and O–H groups in total. The van der Waals surface area contributed by atoms with Crippen LogP contribution in [0.2, 0.25) is 0 Å². The Morgan fingerprint density at radius 2 is 2.31 bits per heavy atom. The second-order valence-electron chi connectivity index (χ2n) is 4.43. The molecule has 0 aromatic heterocycles. The first kappa shape index (κ1) is 13.5. The van der Waals surface area contributed by atoms with Crippen molar-refractivity contribution < 1.29 is 4.74 Å². The van der Waals surface area contributed by atoms with Gasteiger partial charge in [-0.15, -0.1) is 11.8 Å². The summed E-state index contributed by atoms with van der Waals surface area (Å²) >= 11 is 0. The molecule has 2 unspecified atom stereocenters. The second kappa shape index (κ2) is 8.61. The van der Waals surface area contributed by atoms with Crippen LogP contribution in [-0.2, 0) is 4.74 Å². The zero-order chi connectivity index (χ0) is 11.6. The molecular weight excluding hydrogens is 198 g/mol. The highest BCUT2D eigenvalue weighted by molar-refractivity contribution is 4.95. The van der Waals surface area contributed by atoms with Crippen molar-refractivity contribution >= 4 is 0 Å². The third kappa shape index (κ3) is 5.53. The standard InChI is InChI=1S/C14H25NO/c1-3-5-6-8-13(15-4-2)10-11-14-9-7-12-16-14/h13-15H,4,6-12H2,1-2H3. The molecule has 0 spiro atoms. The molecule has 0 amide bonds. The maximum absolute atomic E-state index is 5.65. The van der Waals surface area contributed by atoms with Gasteiger partial charge < -0.3 is 10.1 Å². The highest BCUT2D eigenvalue weighted by Gasteiger charge is 2.17. The lowest BCUT2D eigenvalue weighted by Crippen LogP contribution is -2.29. The lowest BCUT2D eigenvalue weighted by Gasteiger charge is -2.18. The first-order valence-corrected chi connectivity index (χ1v) is 6.61. The van der Waals surface area contributed by atoms with E-state index in [0.29, 0.717) is 12.1 Å². The molecule has 0 aromatic carbocycles. The summed E-state index contributed by atoms with van der Waals surface area (Å²) in [5.74, 6) is 6.10. The van der Waals surface area contributed by atoms with Crippen molar-refractivity contribution in [2.45, 2.75) is 64.5 Å². The van der Waals surface area contributed by atoms with Gasteiger partial charge in [-0.1, -0.05) is 6.92 Å². The molecule has 2 nitrogen and oxygen atoms in total. The molecule has 1 aliphatic heterocycles. The molecule has 1 heterocycles. The van der Waals surface area contributed by atoms with Gasteiger partial charge in [0.2, 0.25) is 0 Å². The predicted molar refractivity (Wildman–Crippen MR) is 68.4 cm³/mol. The van der Waals surface area contributed by atoms with Crippen molar-refractivity contribution in [3.63, 3.8) is 0 Å². The minimum absolute atomic E-state index is 0.526. The van der Waals surface area contributed by atoms with Crippen molar-refractivity contribution in [1.29, 1.82) is 0 Å². The highest BCUT2D eigenvalue weighted by atomic mass is 16.5. The molecule has 1 fully saturated rings. The van der Waals surface area contributed by atoms with Crippen molar-refractivity contribution in [2.24, 2.45) is 0 Å². The van der Waals surface area contributed by atoms with Gasteiger partial charge in [-0.3, -0.25) is 0 Å². The molecule has 0 radical (unpaired) electrons. The van der Waals surface area contributed by atoms with Gasteiger partial charge >= 0.3 is 0 Å². The predicted octanol–water partition coefficient (Wildman–Crippen LogP) is 2.73. The van der Waals surface area contributed by atoms with Gasteiger partial charge in [0.05, 0.1) is 6.10 Å². The molecule has 1 rings (SSSR count). The SMILES string of the molecule is CC#CCCC(CCC1CCCO1)NCC. The summed E-state index contributed by atoms with van der Waals surface area (Å²) in [5, 5.41) is 3.54. The van der Waals surface area contributed by atoms with Crippen LogP contribution in [0.4, 0.5) is 0 Å². The molecule has 16 heavy (non-hydrogen) atoms. The van der Waals surface area contributed by atoms with Crippen LogP contribution in [0.5, 0.6) is 0 Å². The van der Waals surface area contributed by atoms with E-state index in [1.165, 1.54) is 32.1 Å². The first-order valence-electron chi connectivity index (χ1n) is 6.61. The van der Waals surface area contributed by atoms with Gasteiger partial charge in [0.25, 0.3) is 0 Å². The molecule has 0 saturated carbocycles. The van der Waals surface area contributed by atoms with Crippen LogP contribution in [0.3, 0.4) is 0 Å².